The van der Waals surface area contributed by atoms with E-state index in [0.717, 1.165) is 27.5 Å². The minimum atomic E-state index is -0.806. The number of aromatic amines is 1. The van der Waals surface area contributed by atoms with Gasteiger partial charge in [-0.25, -0.2) is 9.59 Å². The van der Waals surface area contributed by atoms with Gasteiger partial charge in [0.2, 0.25) is 5.56 Å². The van der Waals surface area contributed by atoms with E-state index in [9.17, 15) is 24.0 Å². The van der Waals surface area contributed by atoms with Crippen LogP contribution in [0.5, 0.6) is 0 Å². The lowest BCUT2D eigenvalue weighted by molar-refractivity contribution is -0.119. The molecule has 10 nitrogen and oxygen atoms in total. The molecule has 2 heterocycles. The number of hydrogen-bond acceptors (Lipinski definition) is 6. The molecule has 0 aromatic carbocycles. The van der Waals surface area contributed by atoms with Crippen LogP contribution in [0.15, 0.2) is 38.8 Å². The zero-order valence-corrected chi connectivity index (χ0v) is 12.9. The Kier molecular flexibility index (Phi) is 4.78. The summed E-state index contributed by atoms with van der Waals surface area (Å²) in [5.41, 5.74) is -1.50. The molecule has 0 bridgehead atoms. The van der Waals surface area contributed by atoms with Crippen molar-refractivity contribution in [2.24, 2.45) is 14.1 Å². The van der Waals surface area contributed by atoms with Gasteiger partial charge in [0.25, 0.3) is 11.5 Å². The molecule has 126 valence electrons. The standard InChI is InChI=1S/C14H14N4O6/c1-17-9(5-12(21)18(2)14(17)23)16-11(20)7-24-13(22)8-3-4-10(19)15-6-8/h3-6H,7H2,1-2H3,(H,15,19)(H,16,20). The topological polar surface area (TPSA) is 132 Å². The van der Waals surface area contributed by atoms with Crippen LogP contribution >= 0.6 is 0 Å². The summed E-state index contributed by atoms with van der Waals surface area (Å²) in [6.45, 7) is -0.624. The van der Waals surface area contributed by atoms with Crippen molar-refractivity contribution >= 4 is 17.7 Å². The van der Waals surface area contributed by atoms with E-state index >= 15 is 0 Å². The highest BCUT2D eigenvalue weighted by Gasteiger charge is 2.13. The summed E-state index contributed by atoms with van der Waals surface area (Å²) in [4.78, 5) is 60.0. The highest BCUT2D eigenvalue weighted by atomic mass is 16.5. The van der Waals surface area contributed by atoms with Gasteiger partial charge in [0.1, 0.15) is 5.82 Å². The number of aromatic nitrogens is 3. The van der Waals surface area contributed by atoms with Crippen LogP contribution in [0, 0.1) is 0 Å². The fourth-order valence-corrected chi connectivity index (χ4v) is 1.78. The number of ether oxygens (including phenoxy) is 1. The maximum Gasteiger partial charge on any atom is 0.340 e. The molecule has 0 atom stereocenters. The van der Waals surface area contributed by atoms with Crippen LogP contribution in [-0.2, 0) is 23.6 Å². The van der Waals surface area contributed by atoms with Crippen LogP contribution in [-0.4, -0.2) is 32.6 Å². The smallest absolute Gasteiger partial charge is 0.340 e. The van der Waals surface area contributed by atoms with Gasteiger partial charge in [-0.15, -0.1) is 0 Å². The van der Waals surface area contributed by atoms with Gasteiger partial charge in [-0.2, -0.15) is 0 Å². The lowest BCUT2D eigenvalue weighted by Crippen LogP contribution is -2.38. The van der Waals surface area contributed by atoms with Crippen LogP contribution in [0.3, 0.4) is 0 Å². The summed E-state index contributed by atoms with van der Waals surface area (Å²) in [6.07, 6.45) is 1.16. The summed E-state index contributed by atoms with van der Waals surface area (Å²) in [7, 11) is 2.69. The molecule has 0 unspecified atom stereocenters. The molecule has 1 amide bonds. The summed E-state index contributed by atoms with van der Waals surface area (Å²) < 4.78 is 6.74. The molecular weight excluding hydrogens is 320 g/mol. The molecule has 24 heavy (non-hydrogen) atoms. The second-order valence-corrected chi connectivity index (χ2v) is 4.83. The molecule has 0 spiro atoms. The maximum atomic E-state index is 11.8. The quantitative estimate of drug-likeness (QED) is 0.659. The van der Waals surface area contributed by atoms with Crippen molar-refractivity contribution in [1.29, 1.82) is 0 Å². The first-order chi connectivity index (χ1) is 11.3. The number of esters is 1. The number of hydrogen-bond donors (Lipinski definition) is 2. The highest BCUT2D eigenvalue weighted by molar-refractivity contribution is 5.94. The van der Waals surface area contributed by atoms with Crippen molar-refractivity contribution in [3.63, 3.8) is 0 Å². The highest BCUT2D eigenvalue weighted by Crippen LogP contribution is 2.00. The van der Waals surface area contributed by atoms with E-state index in [2.05, 4.69) is 10.3 Å². The molecule has 0 radical (unpaired) electrons. The van der Waals surface area contributed by atoms with Crippen molar-refractivity contribution in [3.05, 3.63) is 61.2 Å². The Morgan fingerprint density at radius 2 is 1.88 bits per heavy atom. The van der Waals surface area contributed by atoms with Crippen molar-refractivity contribution < 1.29 is 14.3 Å². The van der Waals surface area contributed by atoms with Crippen LogP contribution in [0.1, 0.15) is 10.4 Å². The number of amides is 1. The Morgan fingerprint density at radius 1 is 1.17 bits per heavy atom. The molecule has 0 aliphatic carbocycles. The van der Waals surface area contributed by atoms with Crippen LogP contribution in [0.25, 0.3) is 0 Å². The number of nitrogens with zero attached hydrogens (tertiary/aromatic N) is 2. The molecule has 0 fully saturated rings. The van der Waals surface area contributed by atoms with Gasteiger partial charge in [-0.05, 0) is 6.07 Å². The van der Waals surface area contributed by atoms with Crippen molar-refractivity contribution in [1.82, 2.24) is 14.1 Å². The molecule has 0 aliphatic heterocycles. The molecule has 2 aromatic rings. The molecule has 0 aliphatic rings. The second-order valence-electron chi connectivity index (χ2n) is 4.83. The molecule has 2 aromatic heterocycles. The predicted octanol–water partition coefficient (Wildman–Crippen LogP) is -1.43. The third-order valence-corrected chi connectivity index (χ3v) is 3.15. The van der Waals surface area contributed by atoms with Crippen molar-refractivity contribution in [2.75, 3.05) is 11.9 Å². The number of carbonyl (C=O) groups excluding carboxylic acids is 2. The number of rotatable bonds is 4. The average molecular weight is 334 g/mol. The Bertz CT molecular complexity index is 948. The fourth-order valence-electron chi connectivity index (χ4n) is 1.78. The van der Waals surface area contributed by atoms with E-state index in [0.29, 0.717) is 0 Å². The minimum absolute atomic E-state index is 0.0202. The van der Waals surface area contributed by atoms with Gasteiger partial charge in [-0.3, -0.25) is 23.5 Å². The van der Waals surface area contributed by atoms with Gasteiger partial charge in [0.15, 0.2) is 6.61 Å². The van der Waals surface area contributed by atoms with E-state index in [1.165, 1.54) is 20.2 Å². The summed E-state index contributed by atoms with van der Waals surface area (Å²) >= 11 is 0. The first kappa shape index (κ1) is 16.9. The number of carbonyl (C=O) groups is 2. The average Bonchev–Trinajstić information content (AvgIpc) is 2.56. The zero-order valence-electron chi connectivity index (χ0n) is 12.9. The Labute approximate surface area is 134 Å². The second kappa shape index (κ2) is 6.77. The number of anilines is 1. The van der Waals surface area contributed by atoms with Crippen molar-refractivity contribution in [2.45, 2.75) is 0 Å². The van der Waals surface area contributed by atoms with E-state index in [1.54, 1.807) is 0 Å². The maximum absolute atomic E-state index is 11.8. The number of H-pyrrole nitrogens is 1. The van der Waals surface area contributed by atoms with Crippen LogP contribution in [0.4, 0.5) is 5.82 Å². The van der Waals surface area contributed by atoms with Gasteiger partial charge < -0.3 is 15.0 Å². The molecule has 0 saturated carbocycles. The Morgan fingerprint density at radius 3 is 2.50 bits per heavy atom. The van der Waals surface area contributed by atoms with E-state index in [1.807, 2.05) is 0 Å². The molecule has 2 N–H and O–H groups in total. The zero-order chi connectivity index (χ0) is 17.9. The summed E-state index contributed by atoms with van der Waals surface area (Å²) in [6, 6.07) is 3.47. The predicted molar refractivity (Wildman–Crippen MR) is 82.9 cm³/mol. The van der Waals surface area contributed by atoms with Gasteiger partial charge in [0, 0.05) is 32.4 Å². The van der Waals surface area contributed by atoms with Gasteiger partial charge in [-0.1, -0.05) is 0 Å². The number of pyridine rings is 1. The molecular formula is C14H14N4O6. The number of nitrogens with one attached hydrogen (secondary N) is 2. The third-order valence-electron chi connectivity index (χ3n) is 3.15. The lowest BCUT2D eigenvalue weighted by Gasteiger charge is -2.10. The van der Waals surface area contributed by atoms with Gasteiger partial charge >= 0.3 is 11.7 Å². The van der Waals surface area contributed by atoms with Crippen molar-refractivity contribution in [3.8, 4) is 0 Å². The first-order valence-corrected chi connectivity index (χ1v) is 6.72. The van der Waals surface area contributed by atoms with E-state index < -0.39 is 29.7 Å². The third kappa shape index (κ3) is 3.66. The van der Waals surface area contributed by atoms with Crippen LogP contribution < -0.4 is 22.1 Å². The normalized spacial score (nSPS) is 10.2. The molecule has 2 rings (SSSR count). The van der Waals surface area contributed by atoms with Crippen LogP contribution in [0.2, 0.25) is 0 Å². The summed E-state index contributed by atoms with van der Waals surface area (Å²) in [5, 5.41) is 2.31. The van der Waals surface area contributed by atoms with E-state index in [4.69, 9.17) is 4.74 Å². The van der Waals surface area contributed by atoms with E-state index in [-0.39, 0.29) is 16.9 Å². The SMILES string of the molecule is Cn1c(NC(=O)COC(=O)c2ccc(=O)[nH]c2)cc(=O)n(C)c1=O. The largest absolute Gasteiger partial charge is 0.452 e. The fraction of sp³-hybridized carbons (Fsp3) is 0.214. The minimum Gasteiger partial charge on any atom is -0.452 e. The Balaban J connectivity index is 2.03. The monoisotopic (exact) mass is 334 g/mol. The van der Waals surface area contributed by atoms with Gasteiger partial charge in [0.05, 0.1) is 5.56 Å². The first-order valence-electron chi connectivity index (χ1n) is 6.72. The molecule has 0 saturated heterocycles. The Hall–Kier alpha value is -3.43. The lowest BCUT2D eigenvalue weighted by atomic mass is 10.3. The molecule has 10 heteroatoms. The summed E-state index contributed by atoms with van der Waals surface area (Å²) in [5.74, 6) is -1.55.